The van der Waals surface area contributed by atoms with Gasteiger partial charge in [-0.1, -0.05) is 30.3 Å². The molecule has 180 valence electrons. The summed E-state index contributed by atoms with van der Waals surface area (Å²) < 4.78 is 30.2. The molecule has 1 aliphatic heterocycles. The molecule has 9 heteroatoms. The van der Waals surface area contributed by atoms with Crippen LogP contribution in [-0.2, 0) is 21.2 Å². The predicted octanol–water partition coefficient (Wildman–Crippen LogP) is 4.01. The Hall–Kier alpha value is -3.56. The fraction of sp³-hybridized carbons (Fsp3) is 0.269. The maximum Gasteiger partial charge on any atom is 0.243 e. The Kier molecular flexibility index (Phi) is 6.36. The summed E-state index contributed by atoms with van der Waals surface area (Å²) in [6, 6.07) is 20.5. The van der Waals surface area contributed by atoms with Crippen molar-refractivity contribution in [3.63, 3.8) is 0 Å². The van der Waals surface area contributed by atoms with Crippen LogP contribution in [0.2, 0.25) is 0 Å². The number of nitrogens with one attached hydrogen (secondary N) is 1. The number of hydrogen-bond donors (Lipinski definition) is 1. The van der Waals surface area contributed by atoms with Crippen molar-refractivity contribution >= 4 is 32.8 Å². The summed E-state index contributed by atoms with van der Waals surface area (Å²) in [4.78, 5) is 20.9. The normalized spacial score (nSPS) is 15.3. The van der Waals surface area contributed by atoms with Crippen LogP contribution in [0.4, 0.5) is 5.69 Å². The van der Waals surface area contributed by atoms with E-state index in [9.17, 15) is 13.2 Å². The minimum Gasteiger partial charge on any atom is -0.326 e. The van der Waals surface area contributed by atoms with E-state index in [1.54, 1.807) is 22.6 Å². The van der Waals surface area contributed by atoms with Crippen LogP contribution in [0.1, 0.15) is 37.2 Å². The highest BCUT2D eigenvalue weighted by molar-refractivity contribution is 7.89. The van der Waals surface area contributed by atoms with Gasteiger partial charge in [-0.15, -0.1) is 0 Å². The van der Waals surface area contributed by atoms with Crippen molar-refractivity contribution in [2.24, 2.45) is 0 Å². The topological polar surface area (TPSA) is 97.2 Å². The van der Waals surface area contributed by atoms with Gasteiger partial charge in [0.1, 0.15) is 11.3 Å². The van der Waals surface area contributed by atoms with Gasteiger partial charge in [0.2, 0.25) is 15.9 Å². The van der Waals surface area contributed by atoms with Crippen LogP contribution < -0.4 is 5.32 Å². The van der Waals surface area contributed by atoms with Gasteiger partial charge in [-0.25, -0.2) is 18.4 Å². The molecule has 0 atom stereocenters. The number of fused-ring (bicyclic) bond motifs is 1. The second-order valence-corrected chi connectivity index (χ2v) is 10.7. The second-order valence-electron chi connectivity index (χ2n) is 8.75. The highest BCUT2D eigenvalue weighted by atomic mass is 32.2. The fourth-order valence-electron chi connectivity index (χ4n) is 4.67. The van der Waals surface area contributed by atoms with Crippen LogP contribution in [0.15, 0.2) is 77.8 Å². The largest absolute Gasteiger partial charge is 0.326 e. The van der Waals surface area contributed by atoms with Crippen molar-refractivity contribution in [2.75, 3.05) is 18.4 Å². The number of carbonyl (C=O) groups excluding carboxylic acids is 1. The summed E-state index contributed by atoms with van der Waals surface area (Å²) in [6.07, 6.45) is 3.81. The monoisotopic (exact) mass is 489 g/mol. The Labute approximate surface area is 204 Å². The van der Waals surface area contributed by atoms with Crippen molar-refractivity contribution in [3.8, 4) is 0 Å². The second kappa shape index (κ2) is 9.59. The molecule has 8 nitrogen and oxygen atoms in total. The molecule has 1 fully saturated rings. The molecule has 35 heavy (non-hydrogen) atoms. The Morgan fingerprint density at radius 2 is 1.71 bits per heavy atom. The molecule has 1 aliphatic rings. The lowest BCUT2D eigenvalue weighted by Gasteiger charge is -2.32. The van der Waals surface area contributed by atoms with Crippen molar-refractivity contribution in [3.05, 3.63) is 84.3 Å². The number of pyridine rings is 1. The smallest absolute Gasteiger partial charge is 0.243 e. The third-order valence-electron chi connectivity index (χ3n) is 6.33. The van der Waals surface area contributed by atoms with E-state index in [2.05, 4.69) is 27.0 Å². The zero-order valence-electron chi connectivity index (χ0n) is 19.5. The van der Waals surface area contributed by atoms with E-state index in [4.69, 9.17) is 4.98 Å². The van der Waals surface area contributed by atoms with Crippen LogP contribution >= 0.6 is 0 Å². The van der Waals surface area contributed by atoms with E-state index in [0.29, 0.717) is 38.0 Å². The first kappa shape index (κ1) is 23.2. The van der Waals surface area contributed by atoms with E-state index < -0.39 is 10.0 Å². The zero-order chi connectivity index (χ0) is 24.4. The van der Waals surface area contributed by atoms with Gasteiger partial charge in [0.15, 0.2) is 5.65 Å². The molecular weight excluding hydrogens is 462 g/mol. The third kappa shape index (κ3) is 4.82. The highest BCUT2D eigenvalue weighted by Gasteiger charge is 2.31. The molecular formula is C26H27N5O3S. The van der Waals surface area contributed by atoms with E-state index in [0.717, 1.165) is 17.0 Å². The Morgan fingerprint density at radius 3 is 2.40 bits per heavy atom. The lowest BCUT2D eigenvalue weighted by Crippen LogP contribution is -2.39. The number of amides is 1. The van der Waals surface area contributed by atoms with E-state index >= 15 is 0 Å². The summed E-state index contributed by atoms with van der Waals surface area (Å²) >= 11 is 0. The van der Waals surface area contributed by atoms with Crippen LogP contribution in [0.3, 0.4) is 0 Å². The van der Waals surface area contributed by atoms with E-state index in [1.165, 1.54) is 24.6 Å². The van der Waals surface area contributed by atoms with Gasteiger partial charge in [0, 0.05) is 44.4 Å². The summed E-state index contributed by atoms with van der Waals surface area (Å²) in [5.41, 5.74) is 3.44. The molecule has 0 unspecified atom stereocenters. The summed E-state index contributed by atoms with van der Waals surface area (Å²) in [6.45, 7) is 2.24. The summed E-state index contributed by atoms with van der Waals surface area (Å²) in [7, 11) is -3.62. The Morgan fingerprint density at radius 1 is 1.00 bits per heavy atom. The van der Waals surface area contributed by atoms with Gasteiger partial charge in [-0.05, 0) is 54.8 Å². The van der Waals surface area contributed by atoms with Gasteiger partial charge in [0.05, 0.1) is 4.90 Å². The van der Waals surface area contributed by atoms with Gasteiger partial charge >= 0.3 is 0 Å². The van der Waals surface area contributed by atoms with Crippen molar-refractivity contribution in [1.82, 2.24) is 18.8 Å². The lowest BCUT2D eigenvalue weighted by molar-refractivity contribution is -0.114. The minimum absolute atomic E-state index is 0.113. The molecule has 1 saturated heterocycles. The number of imidazole rings is 1. The molecule has 0 radical (unpaired) electrons. The first-order chi connectivity index (χ1) is 16.9. The molecule has 2 aromatic carbocycles. The number of carbonyl (C=O) groups is 1. The molecule has 5 rings (SSSR count). The first-order valence-electron chi connectivity index (χ1n) is 11.7. The summed E-state index contributed by atoms with van der Waals surface area (Å²) in [5, 5.41) is 2.66. The molecule has 0 bridgehead atoms. The summed E-state index contributed by atoms with van der Waals surface area (Å²) in [5.74, 6) is 0.746. The molecule has 1 N–H and O–H groups in total. The number of anilines is 1. The highest BCUT2D eigenvalue weighted by Crippen LogP contribution is 2.31. The van der Waals surface area contributed by atoms with Gasteiger partial charge in [-0.3, -0.25) is 4.79 Å². The SMILES string of the molecule is CC(=O)Nc1ccc(S(=O)(=O)N2CCC(n3c(Cc4ccccc4)nc4cccnc43)CC2)cc1. The van der Waals surface area contributed by atoms with Crippen LogP contribution in [0.25, 0.3) is 11.2 Å². The predicted molar refractivity (Wildman–Crippen MR) is 135 cm³/mol. The zero-order valence-corrected chi connectivity index (χ0v) is 20.3. The third-order valence-corrected chi connectivity index (χ3v) is 8.24. The maximum atomic E-state index is 13.2. The van der Waals surface area contributed by atoms with Crippen molar-refractivity contribution in [2.45, 2.75) is 37.1 Å². The fourth-order valence-corrected chi connectivity index (χ4v) is 6.14. The van der Waals surface area contributed by atoms with Crippen LogP contribution in [-0.4, -0.2) is 46.3 Å². The molecule has 0 spiro atoms. The standard InChI is InChI=1S/C26H27N5O3S/c1-19(32)28-21-9-11-23(12-10-21)35(33,34)30-16-13-22(14-17-30)31-25(18-20-6-3-2-4-7-20)29-24-8-5-15-27-26(24)31/h2-12,15,22H,13-14,16-18H2,1H3,(H,28,32). The molecule has 1 amide bonds. The first-order valence-corrected chi connectivity index (χ1v) is 13.1. The number of piperidine rings is 1. The Balaban J connectivity index is 1.36. The minimum atomic E-state index is -3.62. The molecule has 0 saturated carbocycles. The molecule has 3 heterocycles. The quantitative estimate of drug-likeness (QED) is 0.441. The number of sulfonamides is 1. The van der Waals surface area contributed by atoms with Gasteiger partial charge in [0.25, 0.3) is 0 Å². The molecule has 0 aliphatic carbocycles. The van der Waals surface area contributed by atoms with Gasteiger partial charge < -0.3 is 9.88 Å². The van der Waals surface area contributed by atoms with Crippen molar-refractivity contribution < 1.29 is 13.2 Å². The number of benzene rings is 2. The van der Waals surface area contributed by atoms with Gasteiger partial charge in [-0.2, -0.15) is 4.31 Å². The average Bonchev–Trinajstić information content (AvgIpc) is 3.22. The number of aromatic nitrogens is 3. The maximum absolute atomic E-state index is 13.2. The average molecular weight is 490 g/mol. The number of nitrogens with zero attached hydrogens (tertiary/aromatic N) is 4. The van der Waals surface area contributed by atoms with E-state index in [-0.39, 0.29) is 16.8 Å². The van der Waals surface area contributed by atoms with Crippen molar-refractivity contribution in [1.29, 1.82) is 0 Å². The molecule has 4 aromatic rings. The molecule has 2 aromatic heterocycles. The van der Waals surface area contributed by atoms with Crippen LogP contribution in [0.5, 0.6) is 0 Å². The lowest BCUT2D eigenvalue weighted by atomic mass is 10.1. The van der Waals surface area contributed by atoms with E-state index in [1.807, 2.05) is 30.3 Å². The van der Waals surface area contributed by atoms with Crippen LogP contribution in [0, 0.1) is 0 Å². The number of rotatable bonds is 6. The number of hydrogen-bond acceptors (Lipinski definition) is 5. The Bertz CT molecular complexity index is 1440.